The number of halogens is 3. The number of alkyl halides is 2. The zero-order valence-corrected chi connectivity index (χ0v) is 22.2. The number of hydrogen-bond donors (Lipinski definition) is 3. The molecule has 200 valence electrons. The van der Waals surface area contributed by atoms with Crippen molar-refractivity contribution in [1.82, 2.24) is 24.9 Å². The van der Waals surface area contributed by atoms with E-state index in [4.69, 9.17) is 11.6 Å². The zero-order valence-electron chi connectivity index (χ0n) is 21.4. The van der Waals surface area contributed by atoms with E-state index in [0.717, 1.165) is 25.7 Å². The smallest absolute Gasteiger partial charge is 0.255 e. The molecule has 1 amide bonds. The van der Waals surface area contributed by atoms with Gasteiger partial charge in [-0.3, -0.25) is 9.78 Å². The first-order chi connectivity index (χ1) is 17.3. The maximum atomic E-state index is 14.4. The summed E-state index contributed by atoms with van der Waals surface area (Å²) in [7, 11) is 0. The number of carbonyl (C=O) groups is 1. The number of carbonyl (C=O) groups excluding carboxylic acids is 1. The second-order valence-electron chi connectivity index (χ2n) is 10.8. The molecule has 11 heteroatoms. The van der Waals surface area contributed by atoms with Gasteiger partial charge in [0.05, 0.1) is 46.5 Å². The number of imidazole rings is 1. The number of fused-ring (bicyclic) bond motifs is 1. The Morgan fingerprint density at radius 1 is 1.16 bits per heavy atom. The summed E-state index contributed by atoms with van der Waals surface area (Å²) in [5.74, 6) is -0.532. The largest absolute Gasteiger partial charge is 0.387 e. The van der Waals surface area contributed by atoms with Crippen LogP contribution in [0.3, 0.4) is 0 Å². The minimum absolute atomic E-state index is 0.0132. The van der Waals surface area contributed by atoms with Crippen molar-refractivity contribution in [2.45, 2.75) is 76.9 Å². The van der Waals surface area contributed by atoms with Gasteiger partial charge in [-0.1, -0.05) is 11.6 Å². The van der Waals surface area contributed by atoms with Crippen molar-refractivity contribution >= 4 is 28.8 Å². The average molecular weight is 535 g/mol. The van der Waals surface area contributed by atoms with Gasteiger partial charge in [0, 0.05) is 18.3 Å². The quantitative estimate of drug-likeness (QED) is 0.375. The molecule has 0 radical (unpaired) electrons. The normalized spacial score (nSPS) is 19.6. The third-order valence-corrected chi connectivity index (χ3v) is 7.21. The van der Waals surface area contributed by atoms with Gasteiger partial charge >= 0.3 is 0 Å². The minimum atomic E-state index is -1.64. The fraction of sp³-hybridized carbons (Fsp3) is 0.538. The molecule has 1 fully saturated rings. The van der Waals surface area contributed by atoms with Crippen LogP contribution in [0.4, 0.5) is 14.5 Å². The fourth-order valence-electron chi connectivity index (χ4n) is 4.60. The summed E-state index contributed by atoms with van der Waals surface area (Å²) in [6.07, 6.45) is 5.86. The molecule has 0 bridgehead atoms. The maximum absolute atomic E-state index is 14.4. The highest BCUT2D eigenvalue weighted by Crippen LogP contribution is 2.36. The lowest BCUT2D eigenvalue weighted by molar-refractivity contribution is -0.00177. The summed E-state index contributed by atoms with van der Waals surface area (Å²) in [6.45, 7) is 5.58. The van der Waals surface area contributed by atoms with E-state index in [-0.39, 0.29) is 24.1 Å². The molecule has 0 aliphatic heterocycles. The summed E-state index contributed by atoms with van der Waals surface area (Å²) < 4.78 is 30.3. The maximum Gasteiger partial charge on any atom is 0.255 e. The van der Waals surface area contributed by atoms with E-state index in [1.54, 1.807) is 36.7 Å². The second-order valence-corrected chi connectivity index (χ2v) is 11.2. The Balaban J connectivity index is 1.61. The number of amides is 1. The number of nitrogens with one attached hydrogen (secondary N) is 2. The van der Waals surface area contributed by atoms with Crippen molar-refractivity contribution in [2.24, 2.45) is 5.92 Å². The minimum Gasteiger partial charge on any atom is -0.387 e. The molecule has 0 saturated heterocycles. The van der Waals surface area contributed by atoms with E-state index in [1.165, 1.54) is 26.2 Å². The second kappa shape index (κ2) is 10.5. The van der Waals surface area contributed by atoms with Crippen molar-refractivity contribution < 1.29 is 18.7 Å². The number of anilines is 1. The van der Waals surface area contributed by atoms with Gasteiger partial charge in [0.25, 0.3) is 5.91 Å². The molecule has 1 aliphatic carbocycles. The molecule has 0 spiro atoms. The number of aromatic nitrogens is 4. The van der Waals surface area contributed by atoms with Crippen LogP contribution in [-0.2, 0) is 0 Å². The average Bonchev–Trinajstić information content (AvgIpc) is 3.24. The van der Waals surface area contributed by atoms with Gasteiger partial charge in [0.1, 0.15) is 17.5 Å². The van der Waals surface area contributed by atoms with Crippen LogP contribution in [-0.4, -0.2) is 60.6 Å². The van der Waals surface area contributed by atoms with Crippen LogP contribution >= 0.6 is 11.6 Å². The third-order valence-electron chi connectivity index (χ3n) is 7.00. The highest BCUT2D eigenvalue weighted by atomic mass is 35.5. The van der Waals surface area contributed by atoms with Crippen LogP contribution in [0.1, 0.15) is 63.7 Å². The van der Waals surface area contributed by atoms with Crippen LogP contribution < -0.4 is 10.6 Å². The highest BCUT2D eigenvalue weighted by Gasteiger charge is 2.33. The molecule has 1 atom stereocenters. The first-order valence-electron chi connectivity index (χ1n) is 12.4. The number of nitrogens with zero attached hydrogens (tertiary/aromatic N) is 4. The van der Waals surface area contributed by atoms with Crippen LogP contribution in [0.5, 0.6) is 0 Å². The molecule has 3 heterocycles. The van der Waals surface area contributed by atoms with E-state index in [2.05, 4.69) is 25.7 Å². The molecule has 0 unspecified atom stereocenters. The van der Waals surface area contributed by atoms with Gasteiger partial charge in [-0.05, 0) is 65.4 Å². The van der Waals surface area contributed by atoms with Gasteiger partial charge in [0.15, 0.2) is 5.65 Å². The van der Waals surface area contributed by atoms with E-state index in [0.29, 0.717) is 27.7 Å². The Bertz CT molecular complexity index is 1260. The number of rotatable bonds is 8. The molecular weight excluding hydrogens is 502 g/mol. The van der Waals surface area contributed by atoms with Gasteiger partial charge in [-0.15, -0.1) is 0 Å². The van der Waals surface area contributed by atoms with Crippen molar-refractivity contribution in [3.63, 3.8) is 0 Å². The lowest BCUT2D eigenvalue weighted by atomic mass is 9.78. The summed E-state index contributed by atoms with van der Waals surface area (Å²) >= 11 is 6.03. The number of hydrogen-bond acceptors (Lipinski definition) is 6. The van der Waals surface area contributed by atoms with Gasteiger partial charge in [0.2, 0.25) is 0 Å². The van der Waals surface area contributed by atoms with Crippen LogP contribution in [0, 0.1) is 5.92 Å². The van der Waals surface area contributed by atoms with Crippen molar-refractivity contribution in [1.29, 1.82) is 0 Å². The Kier molecular flexibility index (Phi) is 7.71. The Morgan fingerprint density at radius 3 is 2.51 bits per heavy atom. The monoisotopic (exact) mass is 534 g/mol. The lowest BCUT2D eigenvalue weighted by Gasteiger charge is -2.35. The summed E-state index contributed by atoms with van der Waals surface area (Å²) in [5.41, 5.74) is -0.374. The topological polar surface area (TPSA) is 104 Å². The molecule has 1 saturated carbocycles. The van der Waals surface area contributed by atoms with Crippen LogP contribution in [0.25, 0.3) is 17.0 Å². The Hall–Kier alpha value is -2.85. The van der Waals surface area contributed by atoms with E-state index < -0.39 is 23.3 Å². The molecule has 3 aromatic heterocycles. The van der Waals surface area contributed by atoms with Gasteiger partial charge in [-0.2, -0.15) is 5.10 Å². The lowest BCUT2D eigenvalue weighted by Crippen LogP contribution is -2.42. The molecule has 3 aromatic rings. The summed E-state index contributed by atoms with van der Waals surface area (Å²) in [5, 5.41) is 20.6. The molecule has 0 aromatic carbocycles. The van der Waals surface area contributed by atoms with Crippen molar-refractivity contribution in [3.05, 3.63) is 41.3 Å². The SMILES string of the molecule is CC(C)(O)[C@H](F)CNC(=O)c1cnc(-c2cnc3cc(Cl)cnn23)cc1N[C@H]1CC[C@H](C(C)(C)F)CC1. The standard InChI is InChI=1S/C26H33ClF2N6O2/c1-25(2,29)15-5-7-17(8-6-15)34-19-10-20(21-13-31-23-9-16(27)11-33-35(21)23)30-12-18(19)24(36)32-14-22(28)26(3,4)37/h9-13,15,17,22,37H,5-8,14H2,1-4H3,(H,30,34)(H,32,36)/t15-,17-,22-/m1/s1. The molecule has 1 aliphatic rings. The van der Waals surface area contributed by atoms with E-state index in [9.17, 15) is 18.7 Å². The van der Waals surface area contributed by atoms with Crippen molar-refractivity contribution in [2.75, 3.05) is 11.9 Å². The molecular formula is C26H33ClF2N6O2. The summed E-state index contributed by atoms with van der Waals surface area (Å²) in [4.78, 5) is 21.8. The van der Waals surface area contributed by atoms with Crippen LogP contribution in [0.15, 0.2) is 30.7 Å². The van der Waals surface area contributed by atoms with Gasteiger partial charge in [-0.25, -0.2) is 18.3 Å². The molecule has 3 N–H and O–H groups in total. The molecule has 37 heavy (non-hydrogen) atoms. The zero-order chi connectivity index (χ0) is 27.0. The Morgan fingerprint density at radius 2 is 1.86 bits per heavy atom. The predicted molar refractivity (Wildman–Crippen MR) is 139 cm³/mol. The predicted octanol–water partition coefficient (Wildman–Crippen LogP) is 5.00. The first kappa shape index (κ1) is 27.2. The van der Waals surface area contributed by atoms with Crippen LogP contribution in [0.2, 0.25) is 5.02 Å². The Labute approximate surface area is 219 Å². The molecule has 8 nitrogen and oxygen atoms in total. The highest BCUT2D eigenvalue weighted by molar-refractivity contribution is 6.30. The first-order valence-corrected chi connectivity index (χ1v) is 12.8. The number of pyridine rings is 1. The van der Waals surface area contributed by atoms with Crippen molar-refractivity contribution in [3.8, 4) is 11.4 Å². The molecule has 4 rings (SSSR count). The summed E-state index contributed by atoms with van der Waals surface area (Å²) in [6, 6.07) is 3.45. The van der Waals surface area contributed by atoms with E-state index >= 15 is 0 Å². The van der Waals surface area contributed by atoms with Gasteiger partial charge < -0.3 is 15.7 Å². The fourth-order valence-corrected chi connectivity index (χ4v) is 4.74. The third kappa shape index (κ3) is 6.35. The van der Waals surface area contributed by atoms with E-state index in [1.807, 2.05) is 0 Å². The number of aliphatic hydroxyl groups is 1.